The number of halogens is 3. The molecule has 0 saturated heterocycles. The molecule has 4 heteroatoms. The molecule has 1 nitrogen and oxygen atoms in total. The summed E-state index contributed by atoms with van der Waals surface area (Å²) in [7, 11) is 0. The van der Waals surface area contributed by atoms with Crippen molar-refractivity contribution >= 4 is 34.8 Å². The Balaban J connectivity index is 2.96. The Kier molecular flexibility index (Phi) is 2.78. The molecular formula is C6H4Cl3N. The van der Waals surface area contributed by atoms with Crippen LogP contribution >= 0.6 is 34.8 Å². The molecule has 1 aromatic rings. The molecule has 0 unspecified atom stereocenters. The Morgan fingerprint density at radius 1 is 1.30 bits per heavy atom. The van der Waals surface area contributed by atoms with E-state index in [1.807, 2.05) is 0 Å². The highest BCUT2D eigenvalue weighted by molar-refractivity contribution is 6.44. The number of hydrogen-bond acceptors (Lipinski definition) is 1. The predicted molar refractivity (Wildman–Crippen MR) is 43.7 cm³/mol. The molecule has 0 atom stereocenters. The molecule has 0 saturated carbocycles. The molecule has 10 heavy (non-hydrogen) atoms. The third kappa shape index (κ3) is 2.01. The molecule has 0 fully saturated rings. The van der Waals surface area contributed by atoms with Crippen molar-refractivity contribution in [1.82, 2.24) is 4.98 Å². The lowest BCUT2D eigenvalue weighted by Gasteiger charge is -1.98. The topological polar surface area (TPSA) is 12.9 Å². The van der Waals surface area contributed by atoms with Crippen molar-refractivity contribution in [1.29, 1.82) is 0 Å². The molecule has 0 radical (unpaired) electrons. The van der Waals surface area contributed by atoms with Gasteiger partial charge in [-0.05, 0) is 6.07 Å². The molecule has 0 spiro atoms. The summed E-state index contributed by atoms with van der Waals surface area (Å²) >= 11 is 16.7. The molecule has 1 heterocycles. The van der Waals surface area contributed by atoms with Crippen molar-refractivity contribution in [3.05, 3.63) is 29.0 Å². The van der Waals surface area contributed by atoms with Gasteiger partial charge in [0.2, 0.25) is 0 Å². The summed E-state index contributed by atoms with van der Waals surface area (Å²) < 4.78 is 0. The molecule has 54 valence electrons. The lowest BCUT2D eigenvalue weighted by Crippen LogP contribution is -1.82. The first kappa shape index (κ1) is 8.12. The Morgan fingerprint density at radius 3 is 2.40 bits per heavy atom. The normalized spacial score (nSPS) is 10.4. The summed E-state index contributed by atoms with van der Waals surface area (Å²) in [4.78, 5) is 3.25. The van der Waals surface area contributed by atoms with E-state index in [1.165, 1.54) is 6.20 Å². The standard InChI is InChI=1S/C6H4Cl3N/c7-5-1-4(6(8)9)2-10-3-5/h1-3,6H. The van der Waals surface area contributed by atoms with E-state index in [9.17, 15) is 0 Å². The van der Waals surface area contributed by atoms with E-state index in [4.69, 9.17) is 34.8 Å². The molecule has 0 aliphatic heterocycles. The van der Waals surface area contributed by atoms with Gasteiger partial charge in [0.15, 0.2) is 0 Å². The average Bonchev–Trinajstić information content (AvgIpc) is 1.88. The molecule has 0 aliphatic rings. The van der Waals surface area contributed by atoms with Crippen molar-refractivity contribution in [3.63, 3.8) is 0 Å². The van der Waals surface area contributed by atoms with Gasteiger partial charge in [0, 0.05) is 18.0 Å². The fraction of sp³-hybridized carbons (Fsp3) is 0.167. The van der Waals surface area contributed by atoms with Crippen LogP contribution in [0.15, 0.2) is 18.5 Å². The van der Waals surface area contributed by atoms with Crippen LogP contribution in [0.3, 0.4) is 0 Å². The molecule has 1 rings (SSSR count). The number of hydrogen-bond donors (Lipinski definition) is 0. The maximum Gasteiger partial charge on any atom is 0.134 e. The zero-order valence-electron chi connectivity index (χ0n) is 4.89. The Morgan fingerprint density at radius 2 is 2.00 bits per heavy atom. The Labute approximate surface area is 73.9 Å². The number of alkyl halides is 2. The minimum atomic E-state index is -0.550. The molecule has 0 aliphatic carbocycles. The third-order valence-electron chi connectivity index (χ3n) is 0.978. The van der Waals surface area contributed by atoms with E-state index in [1.54, 1.807) is 12.3 Å². The van der Waals surface area contributed by atoms with Gasteiger partial charge < -0.3 is 0 Å². The molecule has 0 bridgehead atoms. The van der Waals surface area contributed by atoms with Gasteiger partial charge in [-0.15, -0.1) is 23.2 Å². The van der Waals surface area contributed by atoms with Gasteiger partial charge >= 0.3 is 0 Å². The van der Waals surface area contributed by atoms with Crippen molar-refractivity contribution in [2.75, 3.05) is 0 Å². The SMILES string of the molecule is Clc1cncc(C(Cl)Cl)c1. The zero-order valence-corrected chi connectivity index (χ0v) is 7.16. The highest BCUT2D eigenvalue weighted by Crippen LogP contribution is 2.25. The van der Waals surface area contributed by atoms with Crippen molar-refractivity contribution in [2.24, 2.45) is 0 Å². The van der Waals surface area contributed by atoms with Gasteiger partial charge in [0.25, 0.3) is 0 Å². The second-order valence-electron chi connectivity index (χ2n) is 1.74. The monoisotopic (exact) mass is 195 g/mol. The number of nitrogens with zero attached hydrogens (tertiary/aromatic N) is 1. The lowest BCUT2D eigenvalue weighted by molar-refractivity contribution is 1.23. The summed E-state index contributed by atoms with van der Waals surface area (Å²) in [5.74, 6) is 0. The van der Waals surface area contributed by atoms with Crippen LogP contribution in [0.25, 0.3) is 0 Å². The van der Waals surface area contributed by atoms with Crippen LogP contribution in [0, 0.1) is 0 Å². The number of pyridine rings is 1. The van der Waals surface area contributed by atoms with Gasteiger partial charge in [-0.1, -0.05) is 11.6 Å². The molecular weight excluding hydrogens is 192 g/mol. The van der Waals surface area contributed by atoms with E-state index in [-0.39, 0.29) is 0 Å². The second kappa shape index (κ2) is 3.42. The Bertz CT molecular complexity index is 224. The molecule has 0 amide bonds. The van der Waals surface area contributed by atoms with E-state index < -0.39 is 4.84 Å². The largest absolute Gasteiger partial charge is 0.263 e. The average molecular weight is 196 g/mol. The zero-order chi connectivity index (χ0) is 7.56. The molecule has 0 aromatic carbocycles. The van der Waals surface area contributed by atoms with Crippen molar-refractivity contribution in [3.8, 4) is 0 Å². The van der Waals surface area contributed by atoms with E-state index in [0.29, 0.717) is 5.02 Å². The quantitative estimate of drug-likeness (QED) is 0.629. The fourth-order valence-electron chi connectivity index (χ4n) is 0.548. The van der Waals surface area contributed by atoms with Crippen molar-refractivity contribution in [2.45, 2.75) is 4.84 Å². The van der Waals surface area contributed by atoms with E-state index >= 15 is 0 Å². The van der Waals surface area contributed by atoms with Crippen molar-refractivity contribution < 1.29 is 0 Å². The third-order valence-corrected chi connectivity index (χ3v) is 1.69. The van der Waals surface area contributed by atoms with Gasteiger partial charge in [-0.3, -0.25) is 4.98 Å². The summed E-state index contributed by atoms with van der Waals surface area (Å²) in [6, 6.07) is 1.68. The van der Waals surface area contributed by atoms with E-state index in [2.05, 4.69) is 4.98 Å². The first-order valence-electron chi connectivity index (χ1n) is 2.59. The van der Waals surface area contributed by atoms with Crippen LogP contribution in [0.4, 0.5) is 0 Å². The second-order valence-corrected chi connectivity index (χ2v) is 3.27. The summed E-state index contributed by atoms with van der Waals surface area (Å²) in [5.41, 5.74) is 0.718. The van der Waals surface area contributed by atoms with Crippen LogP contribution in [0.2, 0.25) is 5.02 Å². The highest BCUT2D eigenvalue weighted by atomic mass is 35.5. The molecule has 1 aromatic heterocycles. The maximum atomic E-state index is 5.61. The minimum absolute atomic E-state index is 0.545. The lowest BCUT2D eigenvalue weighted by atomic mass is 10.3. The van der Waals surface area contributed by atoms with Crippen LogP contribution < -0.4 is 0 Å². The summed E-state index contributed by atoms with van der Waals surface area (Å²) in [5, 5.41) is 0.545. The van der Waals surface area contributed by atoms with E-state index in [0.717, 1.165) is 5.56 Å². The number of rotatable bonds is 1. The van der Waals surface area contributed by atoms with Crippen LogP contribution in [-0.2, 0) is 0 Å². The fourth-order valence-corrected chi connectivity index (χ4v) is 0.969. The maximum absolute atomic E-state index is 5.61. The summed E-state index contributed by atoms with van der Waals surface area (Å²) in [6.45, 7) is 0. The summed E-state index contributed by atoms with van der Waals surface area (Å²) in [6.07, 6.45) is 3.11. The predicted octanol–water partition coefficient (Wildman–Crippen LogP) is 3.21. The van der Waals surface area contributed by atoms with Gasteiger partial charge in [0.1, 0.15) is 4.84 Å². The van der Waals surface area contributed by atoms with Crippen LogP contribution in [-0.4, -0.2) is 4.98 Å². The van der Waals surface area contributed by atoms with Gasteiger partial charge in [0.05, 0.1) is 5.02 Å². The van der Waals surface area contributed by atoms with Crippen LogP contribution in [0.1, 0.15) is 10.4 Å². The minimum Gasteiger partial charge on any atom is -0.263 e. The van der Waals surface area contributed by atoms with Gasteiger partial charge in [-0.25, -0.2) is 0 Å². The smallest absolute Gasteiger partial charge is 0.134 e. The first-order chi connectivity index (χ1) is 4.70. The van der Waals surface area contributed by atoms with Gasteiger partial charge in [-0.2, -0.15) is 0 Å². The Hall–Kier alpha value is 0.0200. The number of aromatic nitrogens is 1. The highest BCUT2D eigenvalue weighted by Gasteiger charge is 2.02. The molecule has 0 N–H and O–H groups in total. The van der Waals surface area contributed by atoms with Crippen LogP contribution in [0.5, 0.6) is 0 Å². The first-order valence-corrected chi connectivity index (χ1v) is 3.84.